The van der Waals surface area contributed by atoms with Crippen molar-refractivity contribution >= 4 is 17.4 Å². The molecule has 0 aliphatic heterocycles. The van der Waals surface area contributed by atoms with E-state index in [0.29, 0.717) is 27.9 Å². The van der Waals surface area contributed by atoms with Crippen molar-refractivity contribution in [2.75, 3.05) is 0 Å². The van der Waals surface area contributed by atoms with Gasteiger partial charge in [0.05, 0.1) is 10.5 Å². The molecule has 1 heterocycles. The lowest BCUT2D eigenvalue weighted by atomic mass is 10.2. The van der Waals surface area contributed by atoms with Crippen molar-refractivity contribution in [3.8, 4) is 11.4 Å². The Morgan fingerprint density at radius 3 is 2.70 bits per heavy atom. The Bertz CT molecular complexity index is 853. The van der Waals surface area contributed by atoms with Gasteiger partial charge in [-0.2, -0.15) is 0 Å². The zero-order chi connectivity index (χ0) is 16.2. The molecule has 0 amide bonds. The number of hydrogen-bond donors (Lipinski definition) is 1. The summed E-state index contributed by atoms with van der Waals surface area (Å²) in [4.78, 5) is 14.8. The van der Waals surface area contributed by atoms with Crippen molar-refractivity contribution in [1.29, 1.82) is 0 Å². The van der Waals surface area contributed by atoms with E-state index in [4.69, 9.17) is 0 Å². The van der Waals surface area contributed by atoms with E-state index in [1.165, 1.54) is 23.9 Å². The number of nitrogens with one attached hydrogen (secondary N) is 1. The number of rotatable bonds is 5. The molecule has 0 aliphatic rings. The minimum absolute atomic E-state index is 0.0601. The lowest BCUT2D eigenvalue weighted by molar-refractivity contribution is -0.385. The van der Waals surface area contributed by atoms with Gasteiger partial charge >= 0.3 is 0 Å². The summed E-state index contributed by atoms with van der Waals surface area (Å²) in [5.74, 6) is 0.290. The molecular formula is C15H11FN4O2S. The van der Waals surface area contributed by atoms with Crippen LogP contribution in [0, 0.1) is 15.9 Å². The van der Waals surface area contributed by atoms with E-state index in [-0.39, 0.29) is 11.5 Å². The highest BCUT2D eigenvalue weighted by Gasteiger charge is 2.14. The first-order valence-corrected chi connectivity index (χ1v) is 7.66. The van der Waals surface area contributed by atoms with E-state index in [2.05, 4.69) is 15.2 Å². The number of para-hydroxylation sites is 1. The van der Waals surface area contributed by atoms with Crippen LogP contribution in [0.2, 0.25) is 0 Å². The van der Waals surface area contributed by atoms with E-state index in [1.54, 1.807) is 36.4 Å². The third-order valence-corrected chi connectivity index (χ3v) is 4.04. The molecule has 0 atom stereocenters. The highest BCUT2D eigenvalue weighted by atomic mass is 32.2. The van der Waals surface area contributed by atoms with Crippen LogP contribution < -0.4 is 0 Å². The molecule has 0 unspecified atom stereocenters. The lowest BCUT2D eigenvalue weighted by Gasteiger charge is -2.00. The fraction of sp³-hybridized carbons (Fsp3) is 0.0667. The highest BCUT2D eigenvalue weighted by molar-refractivity contribution is 7.98. The number of nitro benzene ring substituents is 1. The normalized spacial score (nSPS) is 10.7. The molecule has 6 nitrogen and oxygen atoms in total. The predicted molar refractivity (Wildman–Crippen MR) is 84.4 cm³/mol. The third-order valence-electron chi connectivity index (χ3n) is 3.14. The number of halogens is 1. The average Bonchev–Trinajstić information content (AvgIpc) is 3.02. The summed E-state index contributed by atoms with van der Waals surface area (Å²) in [5.41, 5.74) is 0.974. The molecule has 3 rings (SSSR count). The second-order valence-electron chi connectivity index (χ2n) is 4.62. The summed E-state index contributed by atoms with van der Waals surface area (Å²) < 4.78 is 13.7. The predicted octanol–water partition coefficient (Wildman–Crippen LogP) is 3.81. The minimum Gasteiger partial charge on any atom is -0.258 e. The zero-order valence-electron chi connectivity index (χ0n) is 11.8. The van der Waals surface area contributed by atoms with Crippen LogP contribution in [-0.4, -0.2) is 20.1 Å². The molecule has 116 valence electrons. The molecule has 1 N–H and O–H groups in total. The van der Waals surface area contributed by atoms with Gasteiger partial charge in [-0.1, -0.05) is 42.1 Å². The van der Waals surface area contributed by atoms with Gasteiger partial charge < -0.3 is 0 Å². The SMILES string of the molecule is O=[N+]([O-])c1ccccc1CSc1n[nH]c(-c2ccccc2F)n1. The Hall–Kier alpha value is -2.74. The van der Waals surface area contributed by atoms with Crippen LogP contribution in [-0.2, 0) is 5.75 Å². The summed E-state index contributed by atoms with van der Waals surface area (Å²) in [6.07, 6.45) is 0. The maximum absolute atomic E-state index is 13.7. The molecule has 8 heteroatoms. The molecule has 3 aromatic rings. The maximum Gasteiger partial charge on any atom is 0.273 e. The first-order valence-electron chi connectivity index (χ1n) is 6.67. The third kappa shape index (κ3) is 3.37. The summed E-state index contributed by atoms with van der Waals surface area (Å²) in [5, 5.41) is 18.1. The summed E-state index contributed by atoms with van der Waals surface area (Å²) >= 11 is 1.25. The van der Waals surface area contributed by atoms with Crippen molar-refractivity contribution in [3.63, 3.8) is 0 Å². The molecule has 1 aromatic heterocycles. The number of nitro groups is 1. The van der Waals surface area contributed by atoms with Crippen molar-refractivity contribution in [1.82, 2.24) is 15.2 Å². The first kappa shape index (κ1) is 15.2. The Balaban J connectivity index is 1.76. The van der Waals surface area contributed by atoms with E-state index in [0.717, 1.165) is 0 Å². The van der Waals surface area contributed by atoms with Crippen LogP contribution in [0.3, 0.4) is 0 Å². The molecule has 0 saturated carbocycles. The van der Waals surface area contributed by atoms with Gasteiger partial charge in [-0.15, -0.1) is 5.10 Å². The number of benzene rings is 2. The molecule has 2 aromatic carbocycles. The number of hydrogen-bond acceptors (Lipinski definition) is 5. The molecule has 0 spiro atoms. The van der Waals surface area contributed by atoms with Crippen molar-refractivity contribution in [2.24, 2.45) is 0 Å². The van der Waals surface area contributed by atoms with Gasteiger partial charge in [0, 0.05) is 17.4 Å². The van der Waals surface area contributed by atoms with Gasteiger partial charge in [0.1, 0.15) is 5.82 Å². The fourth-order valence-corrected chi connectivity index (χ4v) is 2.83. The number of aromatic nitrogens is 3. The second kappa shape index (κ2) is 6.57. The van der Waals surface area contributed by atoms with E-state index >= 15 is 0 Å². The minimum atomic E-state index is -0.418. The largest absolute Gasteiger partial charge is 0.273 e. The van der Waals surface area contributed by atoms with Gasteiger partial charge in [-0.25, -0.2) is 9.37 Å². The van der Waals surface area contributed by atoms with Crippen LogP contribution in [0.1, 0.15) is 5.56 Å². The summed E-state index contributed by atoms with van der Waals surface area (Å²) in [7, 11) is 0. The molecule has 0 fully saturated rings. The van der Waals surface area contributed by atoms with Crippen molar-refractivity contribution in [2.45, 2.75) is 10.9 Å². The van der Waals surface area contributed by atoms with E-state index in [9.17, 15) is 14.5 Å². The van der Waals surface area contributed by atoms with Gasteiger partial charge in [-0.05, 0) is 12.1 Å². The van der Waals surface area contributed by atoms with Crippen LogP contribution in [0.15, 0.2) is 53.7 Å². The maximum atomic E-state index is 13.7. The average molecular weight is 330 g/mol. The Morgan fingerprint density at radius 1 is 1.17 bits per heavy atom. The van der Waals surface area contributed by atoms with Gasteiger partial charge in [0.2, 0.25) is 5.16 Å². The quantitative estimate of drug-likeness (QED) is 0.437. The van der Waals surface area contributed by atoms with Crippen LogP contribution in [0.25, 0.3) is 11.4 Å². The number of aromatic amines is 1. The Kier molecular flexibility index (Phi) is 4.33. The van der Waals surface area contributed by atoms with Crippen LogP contribution in [0.4, 0.5) is 10.1 Å². The molecule has 0 saturated heterocycles. The molecule has 0 aliphatic carbocycles. The fourth-order valence-electron chi connectivity index (χ4n) is 2.04. The van der Waals surface area contributed by atoms with Gasteiger partial charge in [0.25, 0.3) is 5.69 Å². The van der Waals surface area contributed by atoms with Gasteiger partial charge in [0.15, 0.2) is 5.82 Å². The molecular weight excluding hydrogens is 319 g/mol. The number of thioether (sulfide) groups is 1. The van der Waals surface area contributed by atoms with Gasteiger partial charge in [-0.3, -0.25) is 15.2 Å². The highest BCUT2D eigenvalue weighted by Crippen LogP contribution is 2.27. The molecule has 23 heavy (non-hydrogen) atoms. The van der Waals surface area contributed by atoms with E-state index < -0.39 is 4.92 Å². The summed E-state index contributed by atoms with van der Waals surface area (Å²) in [6.45, 7) is 0. The van der Waals surface area contributed by atoms with Crippen molar-refractivity contribution < 1.29 is 9.31 Å². The standard InChI is InChI=1S/C15H11FN4O2S/c16-12-7-3-2-6-11(12)14-17-15(19-18-14)23-9-10-5-1-4-8-13(10)20(21)22/h1-8H,9H2,(H,17,18,19). The molecule has 0 radical (unpaired) electrons. The number of H-pyrrole nitrogens is 1. The van der Waals surface area contributed by atoms with E-state index in [1.807, 2.05) is 0 Å². The molecule has 0 bridgehead atoms. The van der Waals surface area contributed by atoms with Crippen molar-refractivity contribution in [3.05, 3.63) is 70.0 Å². The zero-order valence-corrected chi connectivity index (χ0v) is 12.6. The Morgan fingerprint density at radius 2 is 1.91 bits per heavy atom. The Labute approximate surface area is 134 Å². The number of nitrogens with zero attached hydrogens (tertiary/aromatic N) is 3. The lowest BCUT2D eigenvalue weighted by Crippen LogP contribution is -1.93. The topological polar surface area (TPSA) is 84.7 Å². The smallest absolute Gasteiger partial charge is 0.258 e. The first-order chi connectivity index (χ1) is 11.1. The second-order valence-corrected chi connectivity index (χ2v) is 5.56. The monoisotopic (exact) mass is 330 g/mol. The van der Waals surface area contributed by atoms with Crippen LogP contribution >= 0.6 is 11.8 Å². The summed E-state index contributed by atoms with van der Waals surface area (Å²) in [6, 6.07) is 12.8. The van der Waals surface area contributed by atoms with Crippen LogP contribution in [0.5, 0.6) is 0 Å².